The third-order valence-electron chi connectivity index (χ3n) is 5.31. The van der Waals surface area contributed by atoms with Crippen molar-refractivity contribution in [1.29, 1.82) is 0 Å². The van der Waals surface area contributed by atoms with Crippen molar-refractivity contribution in [3.63, 3.8) is 0 Å². The van der Waals surface area contributed by atoms with E-state index in [0.717, 1.165) is 32.5 Å². The predicted molar refractivity (Wildman–Crippen MR) is 113 cm³/mol. The first-order chi connectivity index (χ1) is 13.6. The second kappa shape index (κ2) is 15.6. The molecule has 6 nitrogen and oxygen atoms in total. The molecule has 0 saturated carbocycles. The van der Waals surface area contributed by atoms with Crippen molar-refractivity contribution in [3.8, 4) is 11.8 Å². The summed E-state index contributed by atoms with van der Waals surface area (Å²) in [6.45, 7) is 5.24. The maximum absolute atomic E-state index is 9.72. The van der Waals surface area contributed by atoms with Gasteiger partial charge in [-0.05, 0) is 25.3 Å². The van der Waals surface area contributed by atoms with E-state index in [-0.39, 0.29) is 5.79 Å². The zero-order valence-corrected chi connectivity index (χ0v) is 17.9. The average Bonchev–Trinajstić information content (AvgIpc) is 3.11. The lowest BCUT2D eigenvalue weighted by atomic mass is 10.0. The number of unbranched alkanes of at least 4 members (excludes halogenated alkanes) is 10. The average molecular weight is 394 g/mol. The van der Waals surface area contributed by atoms with E-state index in [1.807, 2.05) is 0 Å². The second-order valence-electron chi connectivity index (χ2n) is 7.94. The first kappa shape index (κ1) is 24.8. The highest BCUT2D eigenvalue weighted by Gasteiger charge is 2.29. The maximum Gasteiger partial charge on any atom is 0.165 e. The van der Waals surface area contributed by atoms with Gasteiger partial charge in [-0.3, -0.25) is 0 Å². The van der Waals surface area contributed by atoms with Crippen molar-refractivity contribution >= 4 is 0 Å². The molecule has 0 amide bonds. The summed E-state index contributed by atoms with van der Waals surface area (Å²) in [5.74, 6) is 5.77. The predicted octanol–water partition coefficient (Wildman–Crippen LogP) is 5.88. The van der Waals surface area contributed by atoms with Crippen LogP contribution in [0.1, 0.15) is 97.3 Å². The molecule has 0 unspecified atom stereocenters. The van der Waals surface area contributed by atoms with Gasteiger partial charge < -0.3 is 14.6 Å². The summed E-state index contributed by atoms with van der Waals surface area (Å²) in [7, 11) is 0. The van der Waals surface area contributed by atoms with Gasteiger partial charge in [0.1, 0.15) is 0 Å². The van der Waals surface area contributed by atoms with Gasteiger partial charge in [0.15, 0.2) is 5.79 Å². The Morgan fingerprint density at radius 3 is 2.07 bits per heavy atom. The molecule has 0 radical (unpaired) electrons. The summed E-state index contributed by atoms with van der Waals surface area (Å²) in [6, 6.07) is -0.419. The van der Waals surface area contributed by atoms with Gasteiger partial charge in [-0.15, -0.1) is 11.8 Å². The van der Waals surface area contributed by atoms with Crippen molar-refractivity contribution in [2.45, 2.75) is 115 Å². The molecule has 0 bridgehead atoms. The van der Waals surface area contributed by atoms with Crippen molar-refractivity contribution in [2.75, 3.05) is 13.2 Å². The van der Waals surface area contributed by atoms with E-state index in [4.69, 9.17) is 15.0 Å². The Kier molecular flexibility index (Phi) is 13.9. The first-order valence-electron chi connectivity index (χ1n) is 11.0. The minimum Gasteiger partial charge on any atom is -0.392 e. The SMILES string of the molecule is C[C@H](N=[N+]=[N-])[C@@H](O)CC#CCCCCCCCCCCCCC1(C)OCCO1. The first-order valence-corrected chi connectivity index (χ1v) is 11.0. The fourth-order valence-corrected chi connectivity index (χ4v) is 3.37. The molecule has 1 rings (SSSR count). The summed E-state index contributed by atoms with van der Waals surface area (Å²) in [5.41, 5.74) is 8.33. The molecule has 0 spiro atoms. The van der Waals surface area contributed by atoms with Gasteiger partial charge in [-0.1, -0.05) is 63.4 Å². The highest BCUT2D eigenvalue weighted by Crippen LogP contribution is 2.25. The lowest BCUT2D eigenvalue weighted by molar-refractivity contribution is -0.147. The molecule has 6 heteroatoms. The van der Waals surface area contributed by atoms with Crippen LogP contribution in [-0.2, 0) is 9.47 Å². The van der Waals surface area contributed by atoms with Crippen LogP contribution in [0.15, 0.2) is 5.11 Å². The van der Waals surface area contributed by atoms with Gasteiger partial charge in [0.25, 0.3) is 0 Å². The molecule has 160 valence electrons. The highest BCUT2D eigenvalue weighted by atomic mass is 16.7. The number of hydrogen-bond donors (Lipinski definition) is 1. The molecule has 2 atom stereocenters. The summed E-state index contributed by atoms with van der Waals surface area (Å²) in [5, 5.41) is 13.2. The van der Waals surface area contributed by atoms with Crippen molar-refractivity contribution in [2.24, 2.45) is 5.11 Å². The molecule has 1 saturated heterocycles. The molecule has 1 N–H and O–H groups in total. The summed E-state index contributed by atoms with van der Waals surface area (Å²) >= 11 is 0. The third kappa shape index (κ3) is 12.3. The Morgan fingerprint density at radius 1 is 0.964 bits per heavy atom. The lowest BCUT2D eigenvalue weighted by Crippen LogP contribution is -2.24. The number of ether oxygens (including phenoxy) is 2. The van der Waals surface area contributed by atoms with Crippen LogP contribution >= 0.6 is 0 Å². The lowest BCUT2D eigenvalue weighted by Gasteiger charge is -2.21. The number of aliphatic hydroxyl groups is 1. The van der Waals surface area contributed by atoms with Gasteiger partial charge in [-0.25, -0.2) is 0 Å². The Morgan fingerprint density at radius 2 is 1.50 bits per heavy atom. The molecule has 0 aliphatic carbocycles. The molecule has 1 aliphatic rings. The number of rotatable bonds is 15. The minimum absolute atomic E-state index is 0.311. The van der Waals surface area contributed by atoms with E-state index in [9.17, 15) is 5.11 Å². The Hall–Kier alpha value is -1.25. The summed E-state index contributed by atoms with van der Waals surface area (Å²) in [6.07, 6.45) is 14.3. The molecule has 1 fully saturated rings. The maximum atomic E-state index is 9.72. The van der Waals surface area contributed by atoms with Crippen LogP contribution in [-0.4, -0.2) is 36.3 Å². The molecule has 28 heavy (non-hydrogen) atoms. The molecule has 0 aromatic rings. The topological polar surface area (TPSA) is 87.5 Å². The van der Waals surface area contributed by atoms with E-state index >= 15 is 0 Å². The van der Waals surface area contributed by atoms with Crippen LogP contribution in [0.4, 0.5) is 0 Å². The largest absolute Gasteiger partial charge is 0.392 e. The van der Waals surface area contributed by atoms with E-state index < -0.39 is 12.1 Å². The molecular formula is C22H39N3O3. The zero-order chi connectivity index (χ0) is 20.5. The van der Waals surface area contributed by atoms with Crippen LogP contribution in [0.5, 0.6) is 0 Å². The highest BCUT2D eigenvalue weighted by molar-refractivity contribution is 5.01. The Labute approximate surface area is 171 Å². The van der Waals surface area contributed by atoms with Crippen LogP contribution in [0.25, 0.3) is 10.4 Å². The number of nitrogens with zero attached hydrogens (tertiary/aromatic N) is 3. The standard InChI is InChI=1S/C22H39N3O3/c1-20(24-25-23)21(26)16-14-12-10-8-6-4-3-5-7-9-11-13-15-17-22(2)27-18-19-28-22/h20-21,26H,3-11,13,15-19H2,1-2H3/t20-,21-/m0/s1. The fourth-order valence-electron chi connectivity index (χ4n) is 3.37. The number of hydrogen-bond acceptors (Lipinski definition) is 4. The normalized spacial score (nSPS) is 17.4. The number of aliphatic hydroxyl groups excluding tert-OH is 1. The van der Waals surface area contributed by atoms with Gasteiger partial charge in [0, 0.05) is 24.2 Å². The van der Waals surface area contributed by atoms with Gasteiger partial charge in [0.05, 0.1) is 25.4 Å². The van der Waals surface area contributed by atoms with Crippen molar-refractivity contribution in [1.82, 2.24) is 0 Å². The Balaban J connectivity index is 1.82. The van der Waals surface area contributed by atoms with Crippen LogP contribution in [0.3, 0.4) is 0 Å². The van der Waals surface area contributed by atoms with E-state index in [1.165, 1.54) is 57.8 Å². The van der Waals surface area contributed by atoms with Gasteiger partial charge in [-0.2, -0.15) is 0 Å². The summed E-state index contributed by atoms with van der Waals surface area (Å²) in [4.78, 5) is 2.70. The minimum atomic E-state index is -0.670. The molecular weight excluding hydrogens is 354 g/mol. The van der Waals surface area contributed by atoms with Crippen LogP contribution < -0.4 is 0 Å². The molecule has 1 aliphatic heterocycles. The quantitative estimate of drug-likeness (QED) is 0.124. The summed E-state index contributed by atoms with van der Waals surface area (Å²) < 4.78 is 11.3. The monoisotopic (exact) mass is 393 g/mol. The molecule has 0 aromatic heterocycles. The van der Waals surface area contributed by atoms with E-state index in [1.54, 1.807) is 6.92 Å². The third-order valence-corrected chi connectivity index (χ3v) is 5.31. The van der Waals surface area contributed by atoms with Gasteiger partial charge >= 0.3 is 0 Å². The smallest absolute Gasteiger partial charge is 0.165 e. The molecule has 0 aromatic carbocycles. The molecule has 1 heterocycles. The van der Waals surface area contributed by atoms with Crippen LogP contribution in [0.2, 0.25) is 0 Å². The van der Waals surface area contributed by atoms with Crippen molar-refractivity contribution < 1.29 is 14.6 Å². The zero-order valence-electron chi connectivity index (χ0n) is 17.9. The van der Waals surface area contributed by atoms with Gasteiger partial charge in [0.2, 0.25) is 0 Å². The second-order valence-corrected chi connectivity index (χ2v) is 7.94. The van der Waals surface area contributed by atoms with E-state index in [0.29, 0.717) is 6.42 Å². The Bertz CT molecular complexity index is 503. The van der Waals surface area contributed by atoms with Crippen LogP contribution in [0, 0.1) is 11.8 Å². The van der Waals surface area contributed by atoms with Crippen molar-refractivity contribution in [3.05, 3.63) is 10.4 Å². The fraction of sp³-hybridized carbons (Fsp3) is 0.909. The van der Waals surface area contributed by atoms with E-state index in [2.05, 4.69) is 28.8 Å². The number of azide groups is 1.